The van der Waals surface area contributed by atoms with Crippen LogP contribution >= 0.6 is 0 Å². The van der Waals surface area contributed by atoms with Gasteiger partial charge in [0.15, 0.2) is 0 Å². The lowest BCUT2D eigenvalue weighted by Gasteiger charge is -2.28. The van der Waals surface area contributed by atoms with Gasteiger partial charge < -0.3 is 5.11 Å². The molecule has 3 heterocycles. The van der Waals surface area contributed by atoms with E-state index in [1.807, 2.05) is 6.20 Å². The standard InChI is InChI=1S/C44H45N3OSi/c1-43(2,3)32-27-36(44(4,5)6)41(48)39(28-32)47-38-20-13-12-19-34(38)35-21-22-37(46-42(35)47)31-17-14-18-33(25-31)49(7,8)40-26-30(23-24-45-40)29-15-10-9-11-16-29/h9-28,48H,1-8H3. The van der Waals surface area contributed by atoms with Crippen LogP contribution in [0.1, 0.15) is 52.7 Å². The molecule has 246 valence electrons. The maximum absolute atomic E-state index is 12.0. The van der Waals surface area contributed by atoms with Gasteiger partial charge in [-0.1, -0.05) is 139 Å². The Morgan fingerprint density at radius 3 is 2.08 bits per heavy atom. The van der Waals surface area contributed by atoms with Gasteiger partial charge in [-0.2, -0.15) is 0 Å². The molecule has 5 heteroatoms. The Balaban J connectivity index is 1.39. The van der Waals surface area contributed by atoms with Crippen molar-refractivity contribution in [2.45, 2.75) is 65.5 Å². The van der Waals surface area contributed by atoms with Gasteiger partial charge in [0.1, 0.15) is 19.5 Å². The van der Waals surface area contributed by atoms with Crippen LogP contribution in [-0.2, 0) is 10.8 Å². The Bertz CT molecular complexity index is 2340. The third kappa shape index (κ3) is 5.87. The highest BCUT2D eigenvalue weighted by molar-refractivity contribution is 7.00. The van der Waals surface area contributed by atoms with Crippen LogP contribution in [0.5, 0.6) is 5.75 Å². The molecule has 0 saturated heterocycles. The molecular formula is C44H45N3OSi. The summed E-state index contributed by atoms with van der Waals surface area (Å²) in [4.78, 5) is 10.3. The van der Waals surface area contributed by atoms with Crippen LogP contribution in [0.25, 0.3) is 50.0 Å². The van der Waals surface area contributed by atoms with E-state index in [-0.39, 0.29) is 10.8 Å². The molecule has 4 aromatic carbocycles. The van der Waals surface area contributed by atoms with E-state index in [2.05, 4.69) is 174 Å². The van der Waals surface area contributed by atoms with Gasteiger partial charge in [0.05, 0.1) is 16.9 Å². The summed E-state index contributed by atoms with van der Waals surface area (Å²) >= 11 is 0. The van der Waals surface area contributed by atoms with E-state index in [1.165, 1.54) is 21.9 Å². The van der Waals surface area contributed by atoms with Crippen LogP contribution in [-0.4, -0.2) is 27.7 Å². The first kappa shape index (κ1) is 32.5. The molecule has 0 atom stereocenters. The molecule has 7 aromatic rings. The van der Waals surface area contributed by atoms with Crippen molar-refractivity contribution in [3.05, 3.63) is 133 Å². The molecule has 3 aromatic heterocycles. The number of aromatic hydroxyl groups is 1. The second-order valence-corrected chi connectivity index (χ2v) is 20.2. The van der Waals surface area contributed by atoms with Crippen molar-refractivity contribution in [1.82, 2.24) is 14.5 Å². The smallest absolute Gasteiger partial charge is 0.146 e. The third-order valence-corrected chi connectivity index (χ3v) is 13.2. The minimum absolute atomic E-state index is 0.105. The molecule has 0 bridgehead atoms. The van der Waals surface area contributed by atoms with E-state index in [1.54, 1.807) is 0 Å². The first-order valence-electron chi connectivity index (χ1n) is 17.1. The van der Waals surface area contributed by atoms with Crippen LogP contribution in [0.2, 0.25) is 13.1 Å². The van der Waals surface area contributed by atoms with Crippen molar-refractivity contribution in [2.75, 3.05) is 0 Å². The number of para-hydroxylation sites is 1. The molecule has 0 aliphatic carbocycles. The first-order valence-corrected chi connectivity index (χ1v) is 20.1. The number of rotatable bonds is 5. The molecule has 4 nitrogen and oxygen atoms in total. The number of hydrogen-bond acceptors (Lipinski definition) is 3. The van der Waals surface area contributed by atoms with Crippen molar-refractivity contribution in [1.29, 1.82) is 0 Å². The zero-order valence-electron chi connectivity index (χ0n) is 29.8. The lowest BCUT2D eigenvalue weighted by molar-refractivity contribution is 0.442. The zero-order chi connectivity index (χ0) is 34.7. The molecule has 0 spiro atoms. The van der Waals surface area contributed by atoms with E-state index < -0.39 is 8.07 Å². The summed E-state index contributed by atoms with van der Waals surface area (Å²) in [7, 11) is -2.16. The van der Waals surface area contributed by atoms with Crippen molar-refractivity contribution in [3.8, 4) is 33.8 Å². The maximum Gasteiger partial charge on any atom is 0.146 e. The highest BCUT2D eigenvalue weighted by Crippen LogP contribution is 2.42. The van der Waals surface area contributed by atoms with Crippen molar-refractivity contribution < 1.29 is 5.11 Å². The summed E-state index contributed by atoms with van der Waals surface area (Å²) in [5, 5.41) is 16.6. The number of phenolic OH excluding ortho intramolecular Hbond substituents is 1. The fourth-order valence-electron chi connectivity index (χ4n) is 6.84. The quantitative estimate of drug-likeness (QED) is 0.187. The fraction of sp³-hybridized carbons (Fsp3) is 0.227. The summed E-state index contributed by atoms with van der Waals surface area (Å²) < 4.78 is 2.16. The zero-order valence-corrected chi connectivity index (χ0v) is 30.8. The van der Waals surface area contributed by atoms with Gasteiger partial charge in [-0.15, -0.1) is 0 Å². The minimum atomic E-state index is -2.16. The Kier molecular flexibility index (Phi) is 7.87. The number of phenols is 1. The topological polar surface area (TPSA) is 50.9 Å². The lowest BCUT2D eigenvalue weighted by Crippen LogP contribution is -2.54. The van der Waals surface area contributed by atoms with Crippen LogP contribution in [0.15, 0.2) is 121 Å². The Labute approximate surface area is 291 Å². The lowest BCUT2D eigenvalue weighted by atomic mass is 9.79. The van der Waals surface area contributed by atoms with Crippen LogP contribution in [0.4, 0.5) is 0 Å². The predicted octanol–water partition coefficient (Wildman–Crippen LogP) is 10.0. The molecule has 0 aliphatic heterocycles. The molecule has 0 unspecified atom stereocenters. The third-order valence-electron chi connectivity index (χ3n) is 9.91. The number of hydrogen-bond donors (Lipinski definition) is 1. The Morgan fingerprint density at radius 2 is 1.35 bits per heavy atom. The second-order valence-electron chi connectivity index (χ2n) is 15.8. The van der Waals surface area contributed by atoms with Crippen molar-refractivity contribution in [3.63, 3.8) is 0 Å². The van der Waals surface area contributed by atoms with Gasteiger partial charge in [0.25, 0.3) is 0 Å². The number of benzene rings is 4. The van der Waals surface area contributed by atoms with Crippen molar-refractivity contribution >= 4 is 40.5 Å². The first-order chi connectivity index (χ1) is 23.2. The molecule has 0 fully saturated rings. The number of nitrogens with zero attached hydrogens (tertiary/aromatic N) is 3. The molecule has 7 rings (SSSR count). The SMILES string of the molecule is CC(C)(C)c1cc(-n2c3ccccc3c3ccc(-c4cccc([Si](C)(C)c5cc(-c6ccccc6)ccn5)c4)nc32)c(O)c(C(C)(C)C)c1. The molecule has 49 heavy (non-hydrogen) atoms. The van der Waals surface area contributed by atoms with Gasteiger partial charge in [-0.3, -0.25) is 9.55 Å². The molecular weight excluding hydrogens is 615 g/mol. The van der Waals surface area contributed by atoms with Gasteiger partial charge in [-0.05, 0) is 63.9 Å². The molecule has 1 N–H and O–H groups in total. The van der Waals surface area contributed by atoms with Crippen LogP contribution in [0, 0.1) is 0 Å². The van der Waals surface area contributed by atoms with Gasteiger partial charge >= 0.3 is 0 Å². The normalized spacial score (nSPS) is 12.6. The van der Waals surface area contributed by atoms with E-state index in [4.69, 9.17) is 9.97 Å². The summed E-state index contributed by atoms with van der Waals surface area (Å²) in [6.45, 7) is 17.9. The predicted molar refractivity (Wildman–Crippen MR) is 209 cm³/mol. The summed E-state index contributed by atoms with van der Waals surface area (Å²) in [6, 6.07) is 40.8. The largest absolute Gasteiger partial charge is 0.505 e. The Hall–Kier alpha value is -5.00. The monoisotopic (exact) mass is 659 g/mol. The highest BCUT2D eigenvalue weighted by Gasteiger charge is 2.30. The van der Waals surface area contributed by atoms with Crippen LogP contribution < -0.4 is 10.5 Å². The van der Waals surface area contributed by atoms with E-state index in [0.29, 0.717) is 5.75 Å². The Morgan fingerprint density at radius 1 is 0.633 bits per heavy atom. The van der Waals surface area contributed by atoms with Gasteiger partial charge in [-0.25, -0.2) is 4.98 Å². The average molecular weight is 660 g/mol. The molecule has 0 aliphatic rings. The van der Waals surface area contributed by atoms with E-state index >= 15 is 0 Å². The number of fused-ring (bicyclic) bond motifs is 3. The van der Waals surface area contributed by atoms with E-state index in [9.17, 15) is 5.11 Å². The van der Waals surface area contributed by atoms with Gasteiger partial charge in [0, 0.05) is 33.4 Å². The van der Waals surface area contributed by atoms with Crippen molar-refractivity contribution in [2.24, 2.45) is 0 Å². The minimum Gasteiger partial charge on any atom is -0.505 e. The molecule has 0 amide bonds. The summed E-state index contributed by atoms with van der Waals surface area (Å²) in [5.41, 5.74) is 8.74. The number of aromatic nitrogens is 3. The summed E-state index contributed by atoms with van der Waals surface area (Å²) in [5.74, 6) is 0.301. The second kappa shape index (κ2) is 11.9. The molecule has 0 radical (unpaired) electrons. The van der Waals surface area contributed by atoms with Crippen LogP contribution in [0.3, 0.4) is 0 Å². The molecule has 0 saturated carbocycles. The van der Waals surface area contributed by atoms with E-state index in [0.717, 1.165) is 49.8 Å². The average Bonchev–Trinajstić information content (AvgIpc) is 3.41. The number of pyridine rings is 2. The highest BCUT2D eigenvalue weighted by atomic mass is 28.3. The fourth-order valence-corrected chi connectivity index (χ4v) is 9.07. The summed E-state index contributed by atoms with van der Waals surface area (Å²) in [6.07, 6.45) is 1.94. The van der Waals surface area contributed by atoms with Gasteiger partial charge in [0.2, 0.25) is 0 Å². The maximum atomic E-state index is 12.0.